The molecular formula is C8H13NO2. The number of hydrogen-bond acceptors (Lipinski definition) is 3. The normalized spacial score (nSPS) is 26.4. The van der Waals surface area contributed by atoms with Crippen LogP contribution in [0.2, 0.25) is 0 Å². The Labute approximate surface area is 66.9 Å². The average Bonchev–Trinajstić information content (AvgIpc) is 2.52. The molecule has 0 unspecified atom stereocenters. The van der Waals surface area contributed by atoms with Gasteiger partial charge in [0.05, 0.1) is 12.7 Å². The van der Waals surface area contributed by atoms with Crippen molar-refractivity contribution in [2.45, 2.75) is 19.4 Å². The van der Waals surface area contributed by atoms with Crippen LogP contribution in [0.1, 0.15) is 13.3 Å². The third kappa shape index (κ3) is 2.18. The van der Waals surface area contributed by atoms with Crippen molar-refractivity contribution in [3.63, 3.8) is 0 Å². The summed E-state index contributed by atoms with van der Waals surface area (Å²) in [5, 5.41) is 8.69. The fourth-order valence-electron chi connectivity index (χ4n) is 1.25. The molecule has 1 saturated heterocycles. The van der Waals surface area contributed by atoms with Crippen molar-refractivity contribution in [1.82, 2.24) is 0 Å². The molecule has 0 N–H and O–H groups in total. The molecule has 3 nitrogen and oxygen atoms in total. The molecule has 62 valence electrons. The van der Waals surface area contributed by atoms with E-state index < -0.39 is 0 Å². The third-order valence-corrected chi connectivity index (χ3v) is 1.87. The van der Waals surface area contributed by atoms with E-state index in [4.69, 9.17) is 14.7 Å². The summed E-state index contributed by atoms with van der Waals surface area (Å²) in [6.07, 6.45) is 0.695. The minimum absolute atomic E-state index is 0.262. The zero-order valence-corrected chi connectivity index (χ0v) is 6.75. The standard InChI is InChI=1S/C8H13NO2/c1-2-11-8(5-9)7-3-4-10-6-7/h7-8H,2-4,6H2,1H3/t7-,8-/m1/s1. The highest BCUT2D eigenvalue weighted by atomic mass is 16.5. The molecule has 0 aliphatic carbocycles. The highest BCUT2D eigenvalue weighted by Crippen LogP contribution is 2.18. The van der Waals surface area contributed by atoms with Crippen molar-refractivity contribution >= 4 is 0 Å². The predicted octanol–water partition coefficient (Wildman–Crippen LogP) is 0.952. The van der Waals surface area contributed by atoms with Gasteiger partial charge in [-0.25, -0.2) is 0 Å². The fourth-order valence-corrected chi connectivity index (χ4v) is 1.25. The molecule has 1 heterocycles. The SMILES string of the molecule is CCO[C@H](C#N)[C@@H]1CCOC1. The van der Waals surface area contributed by atoms with Crippen LogP contribution >= 0.6 is 0 Å². The molecule has 0 spiro atoms. The van der Waals surface area contributed by atoms with E-state index >= 15 is 0 Å². The molecule has 0 aromatic heterocycles. The monoisotopic (exact) mass is 155 g/mol. The Balaban J connectivity index is 2.35. The van der Waals surface area contributed by atoms with Crippen LogP contribution in [0.3, 0.4) is 0 Å². The minimum Gasteiger partial charge on any atom is -0.381 e. The maximum atomic E-state index is 8.69. The molecule has 1 rings (SSSR count). The van der Waals surface area contributed by atoms with Gasteiger partial charge < -0.3 is 9.47 Å². The zero-order valence-electron chi connectivity index (χ0n) is 6.75. The van der Waals surface area contributed by atoms with Crippen molar-refractivity contribution in [2.75, 3.05) is 19.8 Å². The molecule has 0 saturated carbocycles. The average molecular weight is 155 g/mol. The molecule has 0 amide bonds. The first kappa shape index (κ1) is 8.51. The smallest absolute Gasteiger partial charge is 0.149 e. The van der Waals surface area contributed by atoms with Crippen LogP contribution in [0.15, 0.2) is 0 Å². The summed E-state index contributed by atoms with van der Waals surface area (Å²) in [5.41, 5.74) is 0. The Morgan fingerprint density at radius 3 is 3.09 bits per heavy atom. The zero-order chi connectivity index (χ0) is 8.10. The summed E-state index contributed by atoms with van der Waals surface area (Å²) in [6.45, 7) is 3.96. The van der Waals surface area contributed by atoms with Gasteiger partial charge in [-0.3, -0.25) is 0 Å². The van der Waals surface area contributed by atoms with E-state index in [-0.39, 0.29) is 6.10 Å². The number of nitrogens with zero attached hydrogens (tertiary/aromatic N) is 1. The lowest BCUT2D eigenvalue weighted by molar-refractivity contribution is 0.0524. The summed E-state index contributed by atoms with van der Waals surface area (Å²) >= 11 is 0. The Hall–Kier alpha value is -0.590. The summed E-state index contributed by atoms with van der Waals surface area (Å²) in [6, 6.07) is 2.14. The minimum atomic E-state index is -0.262. The van der Waals surface area contributed by atoms with Crippen LogP contribution < -0.4 is 0 Å². The summed E-state index contributed by atoms with van der Waals surface area (Å²) in [4.78, 5) is 0. The summed E-state index contributed by atoms with van der Waals surface area (Å²) in [7, 11) is 0. The van der Waals surface area contributed by atoms with Gasteiger partial charge in [0.2, 0.25) is 0 Å². The fraction of sp³-hybridized carbons (Fsp3) is 0.875. The van der Waals surface area contributed by atoms with E-state index in [1.54, 1.807) is 0 Å². The summed E-state index contributed by atoms with van der Waals surface area (Å²) in [5.74, 6) is 0.292. The quantitative estimate of drug-likeness (QED) is 0.609. The van der Waals surface area contributed by atoms with Crippen molar-refractivity contribution in [3.8, 4) is 6.07 Å². The first-order chi connectivity index (χ1) is 5.38. The van der Waals surface area contributed by atoms with Gasteiger partial charge in [-0.05, 0) is 13.3 Å². The largest absolute Gasteiger partial charge is 0.381 e. The molecular weight excluding hydrogens is 142 g/mol. The molecule has 0 radical (unpaired) electrons. The Morgan fingerprint density at radius 2 is 2.64 bits per heavy atom. The molecule has 1 fully saturated rings. The second-order valence-electron chi connectivity index (χ2n) is 2.63. The first-order valence-corrected chi connectivity index (χ1v) is 3.97. The topological polar surface area (TPSA) is 42.2 Å². The number of rotatable bonds is 3. The highest BCUT2D eigenvalue weighted by molar-refractivity contribution is 4.91. The maximum Gasteiger partial charge on any atom is 0.149 e. The lowest BCUT2D eigenvalue weighted by Gasteiger charge is -2.13. The lowest BCUT2D eigenvalue weighted by atomic mass is 10.0. The van der Waals surface area contributed by atoms with E-state index in [1.807, 2.05) is 6.92 Å². The lowest BCUT2D eigenvalue weighted by Crippen LogP contribution is -2.22. The Bertz CT molecular complexity index is 147. The van der Waals surface area contributed by atoms with Gasteiger partial charge in [0.15, 0.2) is 0 Å². The van der Waals surface area contributed by atoms with Crippen molar-refractivity contribution in [1.29, 1.82) is 5.26 Å². The van der Waals surface area contributed by atoms with E-state index in [2.05, 4.69) is 6.07 Å². The van der Waals surface area contributed by atoms with Gasteiger partial charge in [-0.1, -0.05) is 0 Å². The molecule has 0 bridgehead atoms. The molecule has 0 aromatic carbocycles. The van der Waals surface area contributed by atoms with Gasteiger partial charge in [0, 0.05) is 19.1 Å². The Morgan fingerprint density at radius 1 is 1.82 bits per heavy atom. The molecule has 2 atom stereocenters. The number of hydrogen-bond donors (Lipinski definition) is 0. The van der Waals surface area contributed by atoms with Crippen LogP contribution in [0.5, 0.6) is 0 Å². The van der Waals surface area contributed by atoms with Crippen LogP contribution in [0.4, 0.5) is 0 Å². The van der Waals surface area contributed by atoms with Gasteiger partial charge in [-0.15, -0.1) is 0 Å². The van der Waals surface area contributed by atoms with E-state index in [0.717, 1.165) is 13.0 Å². The van der Waals surface area contributed by atoms with Crippen LogP contribution in [-0.2, 0) is 9.47 Å². The third-order valence-electron chi connectivity index (χ3n) is 1.87. The van der Waals surface area contributed by atoms with Gasteiger partial charge >= 0.3 is 0 Å². The highest BCUT2D eigenvalue weighted by Gasteiger charge is 2.25. The van der Waals surface area contributed by atoms with Gasteiger partial charge in [0.25, 0.3) is 0 Å². The van der Waals surface area contributed by atoms with E-state index in [1.165, 1.54) is 0 Å². The van der Waals surface area contributed by atoms with Gasteiger partial charge in [-0.2, -0.15) is 5.26 Å². The second kappa shape index (κ2) is 4.32. The van der Waals surface area contributed by atoms with Crippen molar-refractivity contribution in [2.24, 2.45) is 5.92 Å². The van der Waals surface area contributed by atoms with Crippen LogP contribution in [0, 0.1) is 17.2 Å². The molecule has 3 heteroatoms. The molecule has 1 aliphatic heterocycles. The van der Waals surface area contributed by atoms with Crippen LogP contribution in [-0.4, -0.2) is 25.9 Å². The molecule has 1 aliphatic rings. The first-order valence-electron chi connectivity index (χ1n) is 3.97. The van der Waals surface area contributed by atoms with E-state index in [9.17, 15) is 0 Å². The Kier molecular flexibility index (Phi) is 3.34. The number of nitriles is 1. The second-order valence-corrected chi connectivity index (χ2v) is 2.63. The predicted molar refractivity (Wildman–Crippen MR) is 40.0 cm³/mol. The molecule has 0 aromatic rings. The van der Waals surface area contributed by atoms with Crippen LogP contribution in [0.25, 0.3) is 0 Å². The number of ether oxygens (including phenoxy) is 2. The van der Waals surface area contributed by atoms with Crippen molar-refractivity contribution < 1.29 is 9.47 Å². The van der Waals surface area contributed by atoms with Crippen molar-refractivity contribution in [3.05, 3.63) is 0 Å². The molecule has 11 heavy (non-hydrogen) atoms. The van der Waals surface area contributed by atoms with Gasteiger partial charge in [0.1, 0.15) is 6.10 Å². The van der Waals surface area contributed by atoms with E-state index in [0.29, 0.717) is 19.1 Å². The maximum absolute atomic E-state index is 8.69. The summed E-state index contributed by atoms with van der Waals surface area (Å²) < 4.78 is 10.4.